The Morgan fingerprint density at radius 1 is 1.22 bits per heavy atom. The quantitative estimate of drug-likeness (QED) is 0.633. The van der Waals surface area contributed by atoms with Crippen molar-refractivity contribution in [2.45, 2.75) is 0 Å². The number of nitrogens with zero attached hydrogens (tertiary/aromatic N) is 2. The van der Waals surface area contributed by atoms with Crippen molar-refractivity contribution in [3.8, 4) is 11.3 Å². The monoisotopic (exact) mass is 240 g/mol. The van der Waals surface area contributed by atoms with Crippen LogP contribution in [-0.4, -0.2) is 17.2 Å². The van der Waals surface area contributed by atoms with Crippen LogP contribution < -0.4 is 11.2 Å². The maximum atomic E-state index is 10.4. The average Bonchev–Trinajstić information content (AvgIpc) is 2.40. The molecule has 0 aliphatic heterocycles. The summed E-state index contributed by atoms with van der Waals surface area (Å²) in [7, 11) is 0. The van der Waals surface area contributed by atoms with Crippen molar-refractivity contribution >= 4 is 12.2 Å². The van der Waals surface area contributed by atoms with Gasteiger partial charge in [-0.05, 0) is 17.7 Å². The number of urea groups is 1. The Morgan fingerprint density at radius 2 is 2.00 bits per heavy atom. The van der Waals surface area contributed by atoms with Crippen LogP contribution in [0.5, 0.6) is 0 Å². The number of nitrogens with two attached hydrogens (primary N) is 1. The molecule has 5 heteroatoms. The molecule has 5 nitrogen and oxygen atoms in total. The maximum absolute atomic E-state index is 10.4. The average molecular weight is 240 g/mol. The lowest BCUT2D eigenvalue weighted by molar-refractivity contribution is 0.249. The van der Waals surface area contributed by atoms with Gasteiger partial charge in [0.05, 0.1) is 11.9 Å². The molecule has 3 N–H and O–H groups in total. The minimum atomic E-state index is -0.684. The molecule has 1 aromatic heterocycles. The molecule has 0 spiro atoms. The van der Waals surface area contributed by atoms with Crippen LogP contribution in [0.25, 0.3) is 11.3 Å². The molecule has 0 unspecified atom stereocenters. The smallest absolute Gasteiger partial charge is 0.332 e. The Kier molecular flexibility index (Phi) is 3.66. The number of carbonyl (C=O) groups is 1. The van der Waals surface area contributed by atoms with Gasteiger partial charge in [-0.2, -0.15) is 5.10 Å². The normalized spacial score (nSPS) is 10.4. The molecule has 2 amide bonds. The molecule has 0 aliphatic rings. The van der Waals surface area contributed by atoms with Gasteiger partial charge in [-0.1, -0.05) is 30.3 Å². The van der Waals surface area contributed by atoms with Gasteiger partial charge in [0.15, 0.2) is 0 Å². The van der Waals surface area contributed by atoms with E-state index < -0.39 is 6.03 Å². The number of hydrogen-bond donors (Lipinski definition) is 2. The van der Waals surface area contributed by atoms with Crippen molar-refractivity contribution in [1.29, 1.82) is 0 Å². The Balaban J connectivity index is 2.11. The van der Waals surface area contributed by atoms with Crippen LogP contribution in [-0.2, 0) is 0 Å². The molecule has 1 heterocycles. The lowest BCUT2D eigenvalue weighted by atomic mass is 10.1. The van der Waals surface area contributed by atoms with Crippen LogP contribution in [0.3, 0.4) is 0 Å². The lowest BCUT2D eigenvalue weighted by Crippen LogP contribution is -2.24. The Bertz CT molecular complexity index is 549. The van der Waals surface area contributed by atoms with E-state index in [1.54, 1.807) is 6.20 Å². The van der Waals surface area contributed by atoms with Gasteiger partial charge < -0.3 is 5.73 Å². The van der Waals surface area contributed by atoms with E-state index >= 15 is 0 Å². The number of hydrogen-bond acceptors (Lipinski definition) is 3. The molecule has 0 saturated heterocycles. The number of carbonyl (C=O) groups excluding carboxylic acids is 1. The van der Waals surface area contributed by atoms with E-state index in [0.29, 0.717) is 0 Å². The zero-order valence-corrected chi connectivity index (χ0v) is 9.58. The van der Waals surface area contributed by atoms with Gasteiger partial charge in [-0.15, -0.1) is 0 Å². The minimum Gasteiger partial charge on any atom is -0.350 e. The summed E-state index contributed by atoms with van der Waals surface area (Å²) in [5, 5.41) is 3.68. The first kappa shape index (κ1) is 11.8. The molecular formula is C13H12N4O. The summed E-state index contributed by atoms with van der Waals surface area (Å²) in [6.07, 6.45) is 3.27. The molecule has 0 radical (unpaired) electrons. The van der Waals surface area contributed by atoms with Gasteiger partial charge in [-0.3, -0.25) is 4.98 Å². The van der Waals surface area contributed by atoms with E-state index in [9.17, 15) is 4.79 Å². The lowest BCUT2D eigenvalue weighted by Gasteiger charge is -2.00. The van der Waals surface area contributed by atoms with E-state index in [1.165, 1.54) is 6.21 Å². The summed E-state index contributed by atoms with van der Waals surface area (Å²) in [4.78, 5) is 14.7. The van der Waals surface area contributed by atoms with Gasteiger partial charge in [0.2, 0.25) is 0 Å². The molecule has 0 bridgehead atoms. The highest BCUT2D eigenvalue weighted by atomic mass is 16.2. The molecule has 2 rings (SSSR count). The molecule has 18 heavy (non-hydrogen) atoms. The number of pyridine rings is 1. The Hall–Kier alpha value is -2.69. The van der Waals surface area contributed by atoms with Crippen molar-refractivity contribution in [2.24, 2.45) is 10.8 Å². The Morgan fingerprint density at radius 3 is 2.61 bits per heavy atom. The zero-order valence-electron chi connectivity index (χ0n) is 9.58. The summed E-state index contributed by atoms with van der Waals surface area (Å²) in [6.45, 7) is 0. The predicted molar refractivity (Wildman–Crippen MR) is 70.0 cm³/mol. The number of aromatic nitrogens is 1. The third-order valence-corrected chi connectivity index (χ3v) is 2.26. The van der Waals surface area contributed by atoms with Crippen molar-refractivity contribution in [1.82, 2.24) is 10.4 Å². The number of nitrogens with one attached hydrogen (secondary N) is 1. The molecule has 0 aliphatic carbocycles. The molecule has 90 valence electrons. The number of benzene rings is 1. The third-order valence-electron chi connectivity index (χ3n) is 2.26. The van der Waals surface area contributed by atoms with Gasteiger partial charge in [0.1, 0.15) is 0 Å². The highest BCUT2D eigenvalue weighted by molar-refractivity contribution is 5.82. The van der Waals surface area contributed by atoms with Crippen LogP contribution in [0.2, 0.25) is 0 Å². The van der Waals surface area contributed by atoms with E-state index in [4.69, 9.17) is 5.73 Å². The summed E-state index contributed by atoms with van der Waals surface area (Å²) in [5.41, 5.74) is 9.82. The van der Waals surface area contributed by atoms with Crippen molar-refractivity contribution in [3.63, 3.8) is 0 Å². The maximum Gasteiger partial charge on any atom is 0.332 e. The minimum absolute atomic E-state index is 0.684. The van der Waals surface area contributed by atoms with E-state index in [0.717, 1.165) is 16.8 Å². The zero-order chi connectivity index (χ0) is 12.8. The standard InChI is InChI=1S/C13H12N4O/c14-13(18)17-16-9-10-4-6-11(7-5-10)12-3-1-2-8-15-12/h1-9H,(H3,14,17,18). The van der Waals surface area contributed by atoms with Crippen LogP contribution in [0.1, 0.15) is 5.56 Å². The fourth-order valence-electron chi connectivity index (χ4n) is 1.44. The van der Waals surface area contributed by atoms with E-state index in [-0.39, 0.29) is 0 Å². The summed E-state index contributed by atoms with van der Waals surface area (Å²) in [6, 6.07) is 12.7. The number of rotatable bonds is 3. The second kappa shape index (κ2) is 5.58. The molecule has 0 fully saturated rings. The molecule has 0 atom stereocenters. The second-order valence-corrected chi connectivity index (χ2v) is 3.57. The van der Waals surface area contributed by atoms with Crippen LogP contribution in [0.4, 0.5) is 4.79 Å². The highest BCUT2D eigenvalue weighted by Crippen LogP contribution is 2.15. The molecule has 2 aromatic rings. The Labute approximate surface area is 104 Å². The SMILES string of the molecule is NC(=O)NN=Cc1ccc(-c2ccccn2)cc1. The summed E-state index contributed by atoms with van der Waals surface area (Å²) >= 11 is 0. The van der Waals surface area contributed by atoms with Crippen LogP contribution in [0, 0.1) is 0 Å². The highest BCUT2D eigenvalue weighted by Gasteiger charge is 1.97. The van der Waals surface area contributed by atoms with Gasteiger partial charge in [0, 0.05) is 11.8 Å². The molecular weight excluding hydrogens is 228 g/mol. The fourth-order valence-corrected chi connectivity index (χ4v) is 1.44. The molecule has 0 saturated carbocycles. The fraction of sp³-hybridized carbons (Fsp3) is 0. The first-order valence-electron chi connectivity index (χ1n) is 5.36. The van der Waals surface area contributed by atoms with Crippen LogP contribution in [0.15, 0.2) is 53.8 Å². The van der Waals surface area contributed by atoms with Crippen LogP contribution >= 0.6 is 0 Å². The second-order valence-electron chi connectivity index (χ2n) is 3.57. The number of hydrazone groups is 1. The first-order valence-corrected chi connectivity index (χ1v) is 5.36. The predicted octanol–water partition coefficient (Wildman–Crippen LogP) is 1.75. The number of amides is 2. The molecule has 1 aromatic carbocycles. The largest absolute Gasteiger partial charge is 0.350 e. The summed E-state index contributed by atoms with van der Waals surface area (Å²) in [5.74, 6) is 0. The first-order chi connectivity index (χ1) is 8.75. The van der Waals surface area contributed by atoms with Gasteiger partial charge in [-0.25, -0.2) is 10.2 Å². The van der Waals surface area contributed by atoms with Crippen molar-refractivity contribution in [3.05, 3.63) is 54.2 Å². The van der Waals surface area contributed by atoms with E-state index in [2.05, 4.69) is 15.5 Å². The number of primary amides is 1. The van der Waals surface area contributed by atoms with Crippen molar-refractivity contribution in [2.75, 3.05) is 0 Å². The third kappa shape index (κ3) is 3.15. The topological polar surface area (TPSA) is 80.4 Å². The summed E-state index contributed by atoms with van der Waals surface area (Å²) < 4.78 is 0. The van der Waals surface area contributed by atoms with Gasteiger partial charge >= 0.3 is 6.03 Å². The van der Waals surface area contributed by atoms with E-state index in [1.807, 2.05) is 42.5 Å². The van der Waals surface area contributed by atoms with Gasteiger partial charge in [0.25, 0.3) is 0 Å². The van der Waals surface area contributed by atoms with Crippen molar-refractivity contribution < 1.29 is 4.79 Å².